The Labute approximate surface area is 120 Å². The van der Waals surface area contributed by atoms with Crippen molar-refractivity contribution in [2.24, 2.45) is 5.92 Å². The molecule has 0 N–H and O–H groups in total. The number of carbonyl (C=O) groups is 1. The van der Waals surface area contributed by atoms with Crippen molar-refractivity contribution in [1.82, 2.24) is 4.90 Å². The van der Waals surface area contributed by atoms with Gasteiger partial charge < -0.3 is 4.90 Å². The number of para-hydroxylation sites is 1. The fraction of sp³-hybridized carbons (Fsp3) is 0.533. The van der Waals surface area contributed by atoms with Gasteiger partial charge in [0.05, 0.1) is 17.3 Å². The molecule has 0 aliphatic carbocycles. The summed E-state index contributed by atoms with van der Waals surface area (Å²) in [5, 5.41) is 0.800. The van der Waals surface area contributed by atoms with Crippen LogP contribution in [0.3, 0.4) is 0 Å². The number of hydrogen-bond donors (Lipinski definition) is 0. The number of anilines is 1. The van der Waals surface area contributed by atoms with Gasteiger partial charge in [0.25, 0.3) is 0 Å². The molecule has 2 rings (SSSR count). The van der Waals surface area contributed by atoms with E-state index in [1.807, 2.05) is 32.0 Å². The lowest BCUT2D eigenvalue weighted by Gasteiger charge is -2.36. The van der Waals surface area contributed by atoms with Crippen molar-refractivity contribution in [2.75, 3.05) is 37.6 Å². The Hall–Kier alpha value is -1.06. The first-order valence-corrected chi connectivity index (χ1v) is 7.20. The van der Waals surface area contributed by atoms with Crippen molar-refractivity contribution < 1.29 is 4.79 Å². The molecule has 1 aliphatic rings. The molecule has 1 aliphatic heterocycles. The molecule has 104 valence electrons. The first-order chi connectivity index (χ1) is 9.08. The second-order valence-electron chi connectivity index (χ2n) is 5.34. The number of hydrogen-bond acceptors (Lipinski definition) is 3. The second kappa shape index (κ2) is 6.40. The number of nitrogens with zero attached hydrogens (tertiary/aromatic N) is 2. The van der Waals surface area contributed by atoms with Crippen molar-refractivity contribution >= 4 is 23.1 Å². The van der Waals surface area contributed by atoms with E-state index in [0.717, 1.165) is 36.9 Å². The summed E-state index contributed by atoms with van der Waals surface area (Å²) >= 11 is 6.21. The Balaban J connectivity index is 1.89. The van der Waals surface area contributed by atoms with Gasteiger partial charge in [-0.2, -0.15) is 0 Å². The fourth-order valence-corrected chi connectivity index (χ4v) is 2.51. The van der Waals surface area contributed by atoms with Crippen molar-refractivity contribution in [2.45, 2.75) is 13.8 Å². The molecule has 0 radical (unpaired) electrons. The third-order valence-corrected chi connectivity index (χ3v) is 3.91. The summed E-state index contributed by atoms with van der Waals surface area (Å²) in [7, 11) is 0. The summed E-state index contributed by atoms with van der Waals surface area (Å²) in [4.78, 5) is 16.3. The third kappa shape index (κ3) is 3.71. The zero-order valence-electron chi connectivity index (χ0n) is 11.6. The van der Waals surface area contributed by atoms with Crippen LogP contribution in [0.25, 0.3) is 0 Å². The highest BCUT2D eigenvalue weighted by molar-refractivity contribution is 6.33. The van der Waals surface area contributed by atoms with Crippen LogP contribution >= 0.6 is 11.6 Å². The predicted molar refractivity (Wildman–Crippen MR) is 80.0 cm³/mol. The van der Waals surface area contributed by atoms with E-state index in [4.69, 9.17) is 11.6 Å². The maximum atomic E-state index is 11.7. The van der Waals surface area contributed by atoms with E-state index in [2.05, 4.69) is 15.9 Å². The van der Waals surface area contributed by atoms with Gasteiger partial charge in [-0.1, -0.05) is 37.6 Å². The number of benzene rings is 1. The van der Waals surface area contributed by atoms with E-state index < -0.39 is 0 Å². The van der Waals surface area contributed by atoms with Gasteiger partial charge in [0.1, 0.15) is 5.78 Å². The lowest BCUT2D eigenvalue weighted by molar-refractivity contribution is -0.123. The van der Waals surface area contributed by atoms with Gasteiger partial charge in [-0.05, 0) is 12.1 Å². The SMILES string of the molecule is CC(C)C(=O)CN1CCN(c2ccccc2Cl)CC1. The lowest BCUT2D eigenvalue weighted by atomic mass is 10.1. The number of piperazine rings is 1. The average molecular weight is 281 g/mol. The molecule has 0 spiro atoms. The third-order valence-electron chi connectivity index (χ3n) is 3.59. The smallest absolute Gasteiger partial charge is 0.149 e. The van der Waals surface area contributed by atoms with Crippen LogP contribution in [-0.2, 0) is 4.79 Å². The van der Waals surface area contributed by atoms with Gasteiger partial charge in [-0.3, -0.25) is 9.69 Å². The number of rotatable bonds is 4. The van der Waals surface area contributed by atoms with Crippen LogP contribution in [0.1, 0.15) is 13.8 Å². The molecule has 1 aromatic rings. The number of Topliss-reactive ketones (excluding diaryl/α,β-unsaturated/α-hetero) is 1. The molecular formula is C15H21ClN2O. The second-order valence-corrected chi connectivity index (χ2v) is 5.74. The molecule has 0 aromatic heterocycles. The molecule has 4 heteroatoms. The van der Waals surface area contributed by atoms with E-state index in [9.17, 15) is 4.79 Å². The van der Waals surface area contributed by atoms with Crippen molar-refractivity contribution in [1.29, 1.82) is 0 Å². The largest absolute Gasteiger partial charge is 0.368 e. The normalized spacial score (nSPS) is 16.9. The van der Waals surface area contributed by atoms with E-state index in [1.165, 1.54) is 0 Å². The number of halogens is 1. The molecule has 0 unspecified atom stereocenters. The van der Waals surface area contributed by atoms with Crippen LogP contribution in [0.2, 0.25) is 5.02 Å². The Morgan fingerprint density at radius 3 is 2.42 bits per heavy atom. The molecule has 0 bridgehead atoms. The van der Waals surface area contributed by atoms with E-state index in [1.54, 1.807) is 0 Å². The standard InChI is InChI=1S/C15H21ClN2O/c1-12(2)15(19)11-17-7-9-18(10-8-17)14-6-4-3-5-13(14)16/h3-6,12H,7-11H2,1-2H3. The summed E-state index contributed by atoms with van der Waals surface area (Å²) in [5.41, 5.74) is 1.10. The number of carbonyl (C=O) groups excluding carboxylic acids is 1. The van der Waals surface area contributed by atoms with Crippen molar-refractivity contribution in [3.63, 3.8) is 0 Å². The Bertz CT molecular complexity index is 440. The van der Waals surface area contributed by atoms with Crippen LogP contribution in [0.5, 0.6) is 0 Å². The monoisotopic (exact) mass is 280 g/mol. The zero-order valence-corrected chi connectivity index (χ0v) is 12.4. The first-order valence-electron chi connectivity index (χ1n) is 6.82. The van der Waals surface area contributed by atoms with Crippen molar-refractivity contribution in [3.8, 4) is 0 Å². The van der Waals surface area contributed by atoms with Gasteiger partial charge in [0.15, 0.2) is 0 Å². The van der Waals surface area contributed by atoms with E-state index in [-0.39, 0.29) is 5.92 Å². The van der Waals surface area contributed by atoms with E-state index >= 15 is 0 Å². The maximum absolute atomic E-state index is 11.7. The molecule has 1 saturated heterocycles. The number of ketones is 1. The highest BCUT2D eigenvalue weighted by Crippen LogP contribution is 2.25. The summed E-state index contributed by atoms with van der Waals surface area (Å²) in [6.07, 6.45) is 0. The summed E-state index contributed by atoms with van der Waals surface area (Å²) in [6, 6.07) is 7.93. The summed E-state index contributed by atoms with van der Waals surface area (Å²) in [6.45, 7) is 8.19. The molecule has 0 amide bonds. The fourth-order valence-electron chi connectivity index (χ4n) is 2.26. The summed E-state index contributed by atoms with van der Waals surface area (Å²) in [5.74, 6) is 0.452. The Morgan fingerprint density at radius 1 is 1.21 bits per heavy atom. The zero-order chi connectivity index (χ0) is 13.8. The van der Waals surface area contributed by atoms with Crippen LogP contribution < -0.4 is 4.90 Å². The minimum absolute atomic E-state index is 0.126. The molecule has 1 aromatic carbocycles. The van der Waals surface area contributed by atoms with Gasteiger partial charge >= 0.3 is 0 Å². The maximum Gasteiger partial charge on any atom is 0.149 e. The van der Waals surface area contributed by atoms with Crippen molar-refractivity contribution in [3.05, 3.63) is 29.3 Å². The quantitative estimate of drug-likeness (QED) is 0.847. The minimum atomic E-state index is 0.126. The highest BCUT2D eigenvalue weighted by Gasteiger charge is 2.21. The highest BCUT2D eigenvalue weighted by atomic mass is 35.5. The van der Waals surface area contributed by atoms with Crippen LogP contribution in [0.15, 0.2) is 24.3 Å². The Kier molecular flexibility index (Phi) is 4.83. The molecule has 1 heterocycles. The molecular weight excluding hydrogens is 260 g/mol. The molecule has 3 nitrogen and oxygen atoms in total. The van der Waals surface area contributed by atoms with Crippen LogP contribution in [0.4, 0.5) is 5.69 Å². The molecule has 19 heavy (non-hydrogen) atoms. The van der Waals surface area contributed by atoms with Crippen LogP contribution in [0, 0.1) is 5.92 Å². The first kappa shape index (κ1) is 14.4. The Morgan fingerprint density at radius 2 is 1.84 bits per heavy atom. The molecule has 0 saturated carbocycles. The predicted octanol–water partition coefficient (Wildman–Crippen LogP) is 2.69. The van der Waals surface area contributed by atoms with Gasteiger partial charge in [-0.15, -0.1) is 0 Å². The topological polar surface area (TPSA) is 23.6 Å². The van der Waals surface area contributed by atoms with Crippen LogP contribution in [-0.4, -0.2) is 43.4 Å². The van der Waals surface area contributed by atoms with Gasteiger partial charge in [0.2, 0.25) is 0 Å². The van der Waals surface area contributed by atoms with Gasteiger partial charge in [-0.25, -0.2) is 0 Å². The van der Waals surface area contributed by atoms with Gasteiger partial charge in [0, 0.05) is 32.1 Å². The lowest BCUT2D eigenvalue weighted by Crippen LogP contribution is -2.48. The summed E-state index contributed by atoms with van der Waals surface area (Å²) < 4.78 is 0. The van der Waals surface area contributed by atoms with E-state index in [0.29, 0.717) is 12.3 Å². The average Bonchev–Trinajstić information content (AvgIpc) is 2.40. The molecule has 0 atom stereocenters. The molecule has 1 fully saturated rings. The minimum Gasteiger partial charge on any atom is -0.368 e.